The molecule has 2 aromatic heterocycles. The SMILES string of the molecule is CSc1cc(-c2ccc(-c3ncc(N(C4CC4)[C@H]4C[C@]5(C)CCC[C@@](C)(N5)[C@H]4F)nn3)c(O)c2)cnn1. The molecule has 0 unspecified atom stereocenters. The molecule has 3 aromatic rings. The number of aromatic nitrogens is 5. The van der Waals surface area contributed by atoms with Gasteiger partial charge in [0.25, 0.3) is 0 Å². The van der Waals surface area contributed by atoms with Crippen molar-refractivity contribution in [3.8, 4) is 28.3 Å². The minimum Gasteiger partial charge on any atom is -0.507 e. The topological polar surface area (TPSA) is 100.0 Å². The van der Waals surface area contributed by atoms with E-state index in [1.165, 1.54) is 11.8 Å². The maximum Gasteiger partial charge on any atom is 0.185 e. The van der Waals surface area contributed by atoms with Crippen LogP contribution in [0, 0.1) is 0 Å². The van der Waals surface area contributed by atoms with Crippen molar-refractivity contribution in [2.24, 2.45) is 0 Å². The standard InChI is InChI=1S/C27H32FN7OS/c1-26-9-4-10-27(2,34-26)24(28)20(13-26)35(18-6-7-18)22-15-29-25(33-31-22)19-8-5-16(11-21(19)36)17-12-23(37-3)32-30-14-17/h5,8,11-12,14-15,18,20,24,34,36H,4,6-7,9-10,13H2,1-3H3/t20-,24-,26-,27+/m0/s1. The number of benzene rings is 1. The number of phenols is 1. The molecule has 3 aliphatic rings. The second-order valence-electron chi connectivity index (χ2n) is 11.1. The molecule has 0 spiro atoms. The van der Waals surface area contributed by atoms with Gasteiger partial charge in [-0.2, -0.15) is 5.10 Å². The molecular weight excluding hydrogens is 489 g/mol. The molecule has 1 aliphatic carbocycles. The molecule has 2 N–H and O–H groups in total. The fraction of sp³-hybridized carbons (Fsp3) is 0.519. The van der Waals surface area contributed by atoms with Gasteiger partial charge in [0.1, 0.15) is 16.9 Å². The second-order valence-corrected chi connectivity index (χ2v) is 12.0. The van der Waals surface area contributed by atoms with Crippen LogP contribution in [-0.4, -0.2) is 66.1 Å². The van der Waals surface area contributed by atoms with Crippen LogP contribution in [-0.2, 0) is 0 Å². The summed E-state index contributed by atoms with van der Waals surface area (Å²) in [6.07, 6.45) is 10.0. The number of aromatic hydroxyl groups is 1. The first-order valence-corrected chi connectivity index (χ1v) is 14.1. The van der Waals surface area contributed by atoms with E-state index in [9.17, 15) is 5.11 Å². The number of hydrogen-bond donors (Lipinski definition) is 2. The predicted molar refractivity (Wildman–Crippen MR) is 142 cm³/mol. The van der Waals surface area contributed by atoms with Crippen LogP contribution in [0.3, 0.4) is 0 Å². The van der Waals surface area contributed by atoms with Crippen molar-refractivity contribution in [2.45, 2.75) is 86.7 Å². The van der Waals surface area contributed by atoms with Gasteiger partial charge in [-0.3, -0.25) is 0 Å². The van der Waals surface area contributed by atoms with Gasteiger partial charge in [-0.1, -0.05) is 6.07 Å². The number of anilines is 1. The highest BCUT2D eigenvalue weighted by Crippen LogP contribution is 2.46. The third-order valence-corrected chi connectivity index (χ3v) is 8.76. The molecule has 8 nitrogen and oxygen atoms in total. The number of thioether (sulfide) groups is 1. The summed E-state index contributed by atoms with van der Waals surface area (Å²) in [6, 6.07) is 7.29. The van der Waals surface area contributed by atoms with E-state index in [4.69, 9.17) is 0 Å². The quantitative estimate of drug-likeness (QED) is 0.443. The van der Waals surface area contributed by atoms with Crippen molar-refractivity contribution in [3.63, 3.8) is 0 Å². The first-order valence-electron chi connectivity index (χ1n) is 12.9. The van der Waals surface area contributed by atoms with E-state index in [-0.39, 0.29) is 23.4 Å². The van der Waals surface area contributed by atoms with Crippen molar-refractivity contribution in [2.75, 3.05) is 11.2 Å². The lowest BCUT2D eigenvalue weighted by molar-refractivity contribution is 0.000258. The first kappa shape index (κ1) is 24.5. The molecule has 4 atom stereocenters. The molecule has 3 fully saturated rings. The summed E-state index contributed by atoms with van der Waals surface area (Å²) in [6.45, 7) is 4.24. The van der Waals surface area contributed by atoms with Crippen LogP contribution < -0.4 is 10.2 Å². The molecule has 2 aliphatic heterocycles. The Kier molecular flexibility index (Phi) is 6.06. The Balaban J connectivity index is 1.27. The summed E-state index contributed by atoms with van der Waals surface area (Å²) in [5.74, 6) is 0.998. The second kappa shape index (κ2) is 9.16. The summed E-state index contributed by atoms with van der Waals surface area (Å²) >= 11 is 1.51. The zero-order chi connectivity index (χ0) is 25.8. The monoisotopic (exact) mass is 521 g/mol. The summed E-state index contributed by atoms with van der Waals surface area (Å²) < 4.78 is 16.0. The van der Waals surface area contributed by atoms with Crippen LogP contribution in [0.1, 0.15) is 52.4 Å². The Labute approximate surface area is 220 Å². The molecule has 2 bridgehead atoms. The van der Waals surface area contributed by atoms with Crippen LogP contribution >= 0.6 is 11.8 Å². The minimum absolute atomic E-state index is 0.0597. The largest absolute Gasteiger partial charge is 0.507 e. The number of phenolic OH excluding ortho intramolecular Hbond substituents is 1. The highest BCUT2D eigenvalue weighted by molar-refractivity contribution is 7.98. The third-order valence-electron chi connectivity index (χ3n) is 8.14. The molecule has 10 heteroatoms. The van der Waals surface area contributed by atoms with Crippen LogP contribution in [0.2, 0.25) is 0 Å². The Hall–Kier alpha value is -2.85. The zero-order valence-electron chi connectivity index (χ0n) is 21.4. The molecule has 4 heterocycles. The molecule has 1 saturated carbocycles. The van der Waals surface area contributed by atoms with Gasteiger partial charge in [0.15, 0.2) is 11.6 Å². The molecule has 2 saturated heterocycles. The summed E-state index contributed by atoms with van der Waals surface area (Å²) in [5.41, 5.74) is 1.57. The Morgan fingerprint density at radius 2 is 1.92 bits per heavy atom. The molecule has 0 radical (unpaired) electrons. The third kappa shape index (κ3) is 4.54. The van der Waals surface area contributed by atoms with E-state index in [1.807, 2.05) is 25.3 Å². The van der Waals surface area contributed by atoms with Gasteiger partial charge in [0.05, 0.1) is 24.0 Å². The van der Waals surface area contributed by atoms with Crippen LogP contribution in [0.15, 0.2) is 41.7 Å². The van der Waals surface area contributed by atoms with Crippen molar-refractivity contribution in [1.29, 1.82) is 0 Å². The van der Waals surface area contributed by atoms with Crippen molar-refractivity contribution >= 4 is 17.6 Å². The fourth-order valence-corrected chi connectivity index (χ4v) is 6.62. The van der Waals surface area contributed by atoms with Crippen molar-refractivity contribution in [1.82, 2.24) is 30.7 Å². The van der Waals surface area contributed by atoms with Crippen LogP contribution in [0.4, 0.5) is 10.2 Å². The molecule has 0 amide bonds. The van der Waals surface area contributed by atoms with E-state index >= 15 is 4.39 Å². The van der Waals surface area contributed by atoms with Gasteiger partial charge in [-0.15, -0.1) is 27.1 Å². The predicted octanol–water partition coefficient (Wildman–Crippen LogP) is 4.79. The maximum atomic E-state index is 16.0. The fourth-order valence-electron chi connectivity index (χ4n) is 6.25. The lowest BCUT2D eigenvalue weighted by atomic mass is 9.68. The summed E-state index contributed by atoms with van der Waals surface area (Å²) in [5, 5.41) is 32.2. The number of halogens is 1. The Morgan fingerprint density at radius 1 is 1.08 bits per heavy atom. The van der Waals surface area contributed by atoms with E-state index in [1.54, 1.807) is 24.5 Å². The number of nitrogens with zero attached hydrogens (tertiary/aromatic N) is 6. The van der Waals surface area contributed by atoms with Gasteiger partial charge >= 0.3 is 0 Å². The first-order chi connectivity index (χ1) is 17.8. The number of fused-ring (bicyclic) bond motifs is 2. The average Bonchev–Trinajstić information content (AvgIpc) is 3.73. The van der Waals surface area contributed by atoms with Crippen LogP contribution in [0.5, 0.6) is 5.75 Å². The molecule has 6 rings (SSSR count). The number of nitrogens with one attached hydrogen (secondary N) is 1. The van der Waals surface area contributed by atoms with E-state index in [2.05, 4.69) is 42.5 Å². The highest BCUT2D eigenvalue weighted by Gasteiger charge is 2.55. The number of hydrogen-bond acceptors (Lipinski definition) is 9. The van der Waals surface area contributed by atoms with Crippen LogP contribution in [0.25, 0.3) is 22.5 Å². The lowest BCUT2D eigenvalue weighted by Gasteiger charge is -2.57. The smallest absolute Gasteiger partial charge is 0.185 e. The molecule has 194 valence electrons. The Morgan fingerprint density at radius 3 is 2.62 bits per heavy atom. The average molecular weight is 522 g/mol. The maximum absolute atomic E-state index is 16.0. The highest BCUT2D eigenvalue weighted by atomic mass is 32.2. The molecular formula is C27H32FN7OS. The van der Waals surface area contributed by atoms with E-state index < -0.39 is 11.7 Å². The zero-order valence-corrected chi connectivity index (χ0v) is 22.2. The van der Waals surface area contributed by atoms with Gasteiger partial charge in [0.2, 0.25) is 0 Å². The molecule has 37 heavy (non-hydrogen) atoms. The molecule has 1 aromatic carbocycles. The van der Waals surface area contributed by atoms with Gasteiger partial charge in [-0.25, -0.2) is 9.37 Å². The summed E-state index contributed by atoms with van der Waals surface area (Å²) in [7, 11) is 0. The normalized spacial score (nSPS) is 29.2. The van der Waals surface area contributed by atoms with Gasteiger partial charge in [-0.05, 0) is 82.4 Å². The van der Waals surface area contributed by atoms with Gasteiger partial charge < -0.3 is 15.3 Å². The number of rotatable bonds is 6. The number of piperidine rings is 2. The Bertz CT molecular complexity index is 1310. The van der Waals surface area contributed by atoms with E-state index in [0.29, 0.717) is 17.2 Å². The lowest BCUT2D eigenvalue weighted by Crippen LogP contribution is -2.73. The van der Waals surface area contributed by atoms with Crippen molar-refractivity contribution in [3.05, 3.63) is 36.7 Å². The van der Waals surface area contributed by atoms with Crippen molar-refractivity contribution < 1.29 is 9.50 Å². The summed E-state index contributed by atoms with van der Waals surface area (Å²) in [4.78, 5) is 6.70. The minimum atomic E-state index is -1.01. The van der Waals surface area contributed by atoms with Gasteiger partial charge in [0, 0.05) is 22.7 Å². The number of alkyl halides is 1. The van der Waals surface area contributed by atoms with E-state index in [0.717, 1.165) is 54.7 Å².